The molecule has 0 aliphatic carbocycles. The van der Waals surface area contributed by atoms with Crippen LogP contribution in [0.15, 0.2) is 73.1 Å². The number of nitrogens with one attached hydrogen (secondary N) is 1. The number of amides is 1. The predicted octanol–water partition coefficient (Wildman–Crippen LogP) is 5.35. The van der Waals surface area contributed by atoms with Crippen molar-refractivity contribution in [3.63, 3.8) is 0 Å². The first-order valence-electron chi connectivity index (χ1n) is 11.6. The fourth-order valence-electron chi connectivity index (χ4n) is 3.92. The second-order valence-electron chi connectivity index (χ2n) is 8.92. The van der Waals surface area contributed by atoms with Crippen LogP contribution in [-0.2, 0) is 4.79 Å². The molecule has 2 aromatic carbocycles. The Balaban J connectivity index is 1.66. The highest BCUT2D eigenvalue weighted by Gasteiger charge is 2.37. The number of ether oxygens (including phenoxy) is 2. The molecule has 0 saturated carbocycles. The van der Waals surface area contributed by atoms with Crippen molar-refractivity contribution in [1.82, 2.24) is 20.1 Å². The van der Waals surface area contributed by atoms with E-state index < -0.39 is 24.0 Å². The van der Waals surface area contributed by atoms with Gasteiger partial charge < -0.3 is 14.8 Å². The summed E-state index contributed by atoms with van der Waals surface area (Å²) in [4.78, 5) is 16.4. The summed E-state index contributed by atoms with van der Waals surface area (Å²) in [7, 11) is 1.55. The molecule has 4 rings (SSSR count). The van der Waals surface area contributed by atoms with Crippen LogP contribution in [0.4, 0.5) is 8.78 Å². The molecule has 2 atom stereocenters. The monoisotopic (exact) mass is 494 g/mol. The molecule has 0 fully saturated rings. The van der Waals surface area contributed by atoms with Crippen molar-refractivity contribution < 1.29 is 23.0 Å². The third-order valence-electron chi connectivity index (χ3n) is 5.85. The molecule has 0 saturated heterocycles. The highest BCUT2D eigenvalue weighted by atomic mass is 19.3. The van der Waals surface area contributed by atoms with E-state index in [0.29, 0.717) is 18.6 Å². The van der Waals surface area contributed by atoms with Crippen molar-refractivity contribution in [2.75, 3.05) is 7.11 Å². The van der Waals surface area contributed by atoms with Crippen LogP contribution in [-0.4, -0.2) is 39.7 Å². The third-order valence-corrected chi connectivity index (χ3v) is 5.85. The number of carbonyl (C=O) groups excluding carboxylic acids is 1. The van der Waals surface area contributed by atoms with E-state index in [-0.39, 0.29) is 5.92 Å². The fourth-order valence-corrected chi connectivity index (χ4v) is 3.92. The lowest BCUT2D eigenvalue weighted by molar-refractivity contribution is -0.145. The zero-order chi connectivity index (χ0) is 25.9. The average molecular weight is 495 g/mol. The summed E-state index contributed by atoms with van der Waals surface area (Å²) in [5.41, 5.74) is 2.37. The number of methoxy groups -OCH3 is 1. The maximum atomic E-state index is 13.7. The number of benzene rings is 2. The normalized spacial score (nSPS) is 13.4. The molecule has 0 spiro atoms. The molecule has 7 nitrogen and oxygen atoms in total. The van der Waals surface area contributed by atoms with Gasteiger partial charge in [-0.3, -0.25) is 4.79 Å². The molecule has 9 heteroatoms. The standard InChI is InChI=1S/C27H28F2N4O3/c1-17(2)24(32-26(34)27(3,28)29)25(18-8-6-5-7-9-18)36-21-11-12-22-19(14-21)15-31-33(22)20-10-13-23(35-4)30-16-20/h5-17,24-25H,1-4H3,(H,32,34)/t24-,25+/m0/s1. The summed E-state index contributed by atoms with van der Waals surface area (Å²) in [5.74, 6) is -4.00. The van der Waals surface area contributed by atoms with Crippen LogP contribution in [0.3, 0.4) is 0 Å². The number of hydrogen-bond donors (Lipinski definition) is 1. The van der Waals surface area contributed by atoms with Crippen LogP contribution in [0.2, 0.25) is 0 Å². The van der Waals surface area contributed by atoms with E-state index in [1.165, 1.54) is 0 Å². The molecule has 2 aromatic heterocycles. The third kappa shape index (κ3) is 5.45. The number of nitrogens with zero attached hydrogens (tertiary/aromatic N) is 3. The van der Waals surface area contributed by atoms with Crippen LogP contribution >= 0.6 is 0 Å². The number of aromatic nitrogens is 3. The molecule has 0 bridgehead atoms. The second kappa shape index (κ2) is 10.3. The Bertz CT molecular complexity index is 1320. The van der Waals surface area contributed by atoms with Crippen molar-refractivity contribution >= 4 is 16.8 Å². The summed E-state index contributed by atoms with van der Waals surface area (Å²) in [5, 5.41) is 7.79. The summed E-state index contributed by atoms with van der Waals surface area (Å²) in [6, 6.07) is 17.6. The zero-order valence-electron chi connectivity index (χ0n) is 20.5. The zero-order valence-corrected chi connectivity index (χ0v) is 20.5. The smallest absolute Gasteiger partial charge is 0.321 e. The quantitative estimate of drug-likeness (QED) is 0.340. The molecule has 0 unspecified atom stereocenters. The van der Waals surface area contributed by atoms with Crippen LogP contribution in [0.5, 0.6) is 11.6 Å². The summed E-state index contributed by atoms with van der Waals surface area (Å²) < 4.78 is 40.7. The van der Waals surface area contributed by atoms with E-state index in [0.717, 1.165) is 22.2 Å². The van der Waals surface area contributed by atoms with Crippen molar-refractivity contribution in [2.45, 2.75) is 38.8 Å². The van der Waals surface area contributed by atoms with Gasteiger partial charge in [0.05, 0.1) is 36.7 Å². The number of alkyl halides is 2. The summed E-state index contributed by atoms with van der Waals surface area (Å²) in [6.07, 6.45) is 2.68. The van der Waals surface area contributed by atoms with Gasteiger partial charge in [0.2, 0.25) is 5.88 Å². The molecule has 1 amide bonds. The van der Waals surface area contributed by atoms with Crippen LogP contribution < -0.4 is 14.8 Å². The molecule has 0 aliphatic rings. The Morgan fingerprint density at radius 3 is 2.42 bits per heavy atom. The second-order valence-corrected chi connectivity index (χ2v) is 8.92. The van der Waals surface area contributed by atoms with Gasteiger partial charge in [0, 0.05) is 18.4 Å². The molecule has 0 radical (unpaired) electrons. The minimum Gasteiger partial charge on any atom is -0.484 e. The lowest BCUT2D eigenvalue weighted by atomic mass is 9.92. The minimum atomic E-state index is -3.50. The van der Waals surface area contributed by atoms with E-state index >= 15 is 0 Å². The number of carbonyl (C=O) groups is 1. The van der Waals surface area contributed by atoms with Gasteiger partial charge in [0.25, 0.3) is 5.91 Å². The lowest BCUT2D eigenvalue weighted by Gasteiger charge is -2.32. The molecule has 36 heavy (non-hydrogen) atoms. The lowest BCUT2D eigenvalue weighted by Crippen LogP contribution is -2.49. The van der Waals surface area contributed by atoms with Gasteiger partial charge in [-0.15, -0.1) is 0 Å². The summed E-state index contributed by atoms with van der Waals surface area (Å²) in [6.45, 7) is 4.30. The molecular weight excluding hydrogens is 466 g/mol. The van der Waals surface area contributed by atoms with Gasteiger partial charge in [0.1, 0.15) is 11.9 Å². The van der Waals surface area contributed by atoms with Crippen molar-refractivity contribution in [3.05, 3.63) is 78.6 Å². The van der Waals surface area contributed by atoms with Crippen molar-refractivity contribution in [3.8, 4) is 17.3 Å². The van der Waals surface area contributed by atoms with Crippen molar-refractivity contribution in [2.24, 2.45) is 5.92 Å². The Labute approximate surface area is 208 Å². The summed E-state index contributed by atoms with van der Waals surface area (Å²) >= 11 is 0. The van der Waals surface area contributed by atoms with Crippen molar-refractivity contribution in [1.29, 1.82) is 0 Å². The molecule has 188 valence electrons. The number of pyridine rings is 1. The Kier molecular flexibility index (Phi) is 7.19. The number of fused-ring (bicyclic) bond motifs is 1. The van der Waals surface area contributed by atoms with E-state index in [1.807, 2.05) is 62.4 Å². The van der Waals surface area contributed by atoms with Gasteiger partial charge in [-0.1, -0.05) is 44.2 Å². The highest BCUT2D eigenvalue weighted by molar-refractivity contribution is 5.83. The van der Waals surface area contributed by atoms with E-state index in [2.05, 4.69) is 15.4 Å². The molecular formula is C27H28F2N4O3. The van der Waals surface area contributed by atoms with Gasteiger partial charge in [-0.25, -0.2) is 9.67 Å². The first-order valence-corrected chi connectivity index (χ1v) is 11.6. The van der Waals surface area contributed by atoms with Gasteiger partial charge in [-0.2, -0.15) is 13.9 Å². The number of hydrogen-bond acceptors (Lipinski definition) is 5. The number of halogens is 2. The Morgan fingerprint density at radius 1 is 1.06 bits per heavy atom. The average Bonchev–Trinajstić information content (AvgIpc) is 3.29. The molecule has 4 aromatic rings. The first-order chi connectivity index (χ1) is 17.2. The predicted molar refractivity (Wildman–Crippen MR) is 133 cm³/mol. The number of rotatable bonds is 9. The SMILES string of the molecule is COc1ccc(-n2ncc3cc(O[C@H](c4ccccc4)[C@@H](NC(=O)C(C)(F)F)C(C)C)ccc32)cn1. The fraction of sp³-hybridized carbons (Fsp3) is 0.296. The highest BCUT2D eigenvalue weighted by Crippen LogP contribution is 2.31. The van der Waals surface area contributed by atoms with E-state index in [1.54, 1.807) is 36.3 Å². The van der Waals surface area contributed by atoms with Crippen LogP contribution in [0.1, 0.15) is 32.4 Å². The van der Waals surface area contributed by atoms with Crippen LogP contribution in [0, 0.1) is 5.92 Å². The first kappa shape index (κ1) is 25.1. The van der Waals surface area contributed by atoms with Gasteiger partial charge in [-0.05, 0) is 35.7 Å². The molecule has 1 N–H and O–H groups in total. The topological polar surface area (TPSA) is 78.3 Å². The molecule has 0 aliphatic heterocycles. The molecule has 2 heterocycles. The van der Waals surface area contributed by atoms with E-state index in [4.69, 9.17) is 9.47 Å². The van der Waals surface area contributed by atoms with Crippen LogP contribution in [0.25, 0.3) is 16.6 Å². The largest absolute Gasteiger partial charge is 0.484 e. The minimum absolute atomic E-state index is 0.185. The van der Waals surface area contributed by atoms with Gasteiger partial charge >= 0.3 is 5.92 Å². The van der Waals surface area contributed by atoms with Gasteiger partial charge in [0.15, 0.2) is 0 Å². The maximum absolute atomic E-state index is 13.7. The Morgan fingerprint density at radius 2 is 1.81 bits per heavy atom. The maximum Gasteiger partial charge on any atom is 0.321 e. The Hall–Kier alpha value is -4.01. The van der Waals surface area contributed by atoms with E-state index in [9.17, 15) is 13.6 Å².